The molecule has 0 radical (unpaired) electrons. The first-order chi connectivity index (χ1) is 7.31. The van der Waals surface area contributed by atoms with E-state index in [1.165, 1.54) is 12.8 Å². The Morgan fingerprint density at radius 1 is 1.19 bits per heavy atom. The van der Waals surface area contributed by atoms with Crippen molar-refractivity contribution < 1.29 is 0 Å². The van der Waals surface area contributed by atoms with E-state index < -0.39 is 0 Å². The Morgan fingerprint density at radius 2 is 1.75 bits per heavy atom. The Hall–Kier alpha value is -0.750. The molecule has 1 aliphatic heterocycles. The third-order valence-electron chi connectivity index (χ3n) is 2.81. The van der Waals surface area contributed by atoms with Gasteiger partial charge in [-0.05, 0) is 43.6 Å². The van der Waals surface area contributed by atoms with Crippen molar-refractivity contribution in [2.45, 2.75) is 18.9 Å². The highest BCUT2D eigenvalue weighted by Crippen LogP contribution is 2.25. The maximum Gasteiger partial charge on any atom is 0.123 e. The monoisotopic (exact) mass is 256 g/mol. The smallest absolute Gasteiger partial charge is 0.123 e. The summed E-state index contributed by atoms with van der Waals surface area (Å²) in [4.78, 5) is 2.23. The van der Waals surface area contributed by atoms with E-state index in [0.717, 1.165) is 23.7 Å². The first-order valence-corrected chi connectivity index (χ1v) is 5.58. The first kappa shape index (κ1) is 13.3. The third kappa shape index (κ3) is 2.89. The molecule has 1 aliphatic rings. The minimum atomic E-state index is -0.107. The van der Waals surface area contributed by atoms with Crippen LogP contribution in [0.1, 0.15) is 24.4 Å². The van der Waals surface area contributed by atoms with Crippen LogP contribution in [-0.4, -0.2) is 18.0 Å². The molecule has 0 saturated carbocycles. The van der Waals surface area contributed by atoms with Crippen LogP contribution in [0.25, 0.3) is 0 Å². The second kappa shape index (κ2) is 6.10. The van der Waals surface area contributed by atoms with Crippen LogP contribution in [0.15, 0.2) is 24.3 Å². The third-order valence-corrected chi connectivity index (χ3v) is 3.07. The summed E-state index contributed by atoms with van der Waals surface area (Å²) >= 11 is 5.82. The molecular weight excluding hydrogens is 243 g/mol. The van der Waals surface area contributed by atoms with Crippen LogP contribution < -0.4 is 0 Å². The number of hydrogen-bond acceptors (Lipinski definition) is 2. The van der Waals surface area contributed by atoms with E-state index in [4.69, 9.17) is 11.6 Å². The summed E-state index contributed by atoms with van der Waals surface area (Å²) in [5.74, 6) is 0. The minimum Gasteiger partial charge on any atom is -0.284 e. The summed E-state index contributed by atoms with van der Waals surface area (Å²) in [6, 6.07) is 9.82. The minimum absolute atomic E-state index is 0. The van der Waals surface area contributed by atoms with Crippen LogP contribution >= 0.6 is 24.0 Å². The van der Waals surface area contributed by atoms with Gasteiger partial charge in [-0.15, -0.1) is 12.4 Å². The van der Waals surface area contributed by atoms with Crippen molar-refractivity contribution in [1.82, 2.24) is 4.90 Å². The molecule has 0 spiro atoms. The van der Waals surface area contributed by atoms with Crippen molar-refractivity contribution in [1.29, 1.82) is 5.26 Å². The molecule has 16 heavy (non-hydrogen) atoms. The van der Waals surface area contributed by atoms with Gasteiger partial charge in [0.15, 0.2) is 0 Å². The van der Waals surface area contributed by atoms with Gasteiger partial charge >= 0.3 is 0 Å². The van der Waals surface area contributed by atoms with Crippen molar-refractivity contribution in [3.8, 4) is 6.07 Å². The van der Waals surface area contributed by atoms with Crippen LogP contribution in [0.2, 0.25) is 5.02 Å². The van der Waals surface area contributed by atoms with Crippen molar-refractivity contribution in [3.63, 3.8) is 0 Å². The topological polar surface area (TPSA) is 27.0 Å². The number of nitriles is 1. The molecule has 1 fully saturated rings. The quantitative estimate of drug-likeness (QED) is 0.811. The van der Waals surface area contributed by atoms with Gasteiger partial charge in [0.2, 0.25) is 0 Å². The Balaban J connectivity index is 0.00000128. The predicted molar refractivity (Wildman–Crippen MR) is 67.9 cm³/mol. The molecule has 4 heteroatoms. The molecule has 2 rings (SSSR count). The lowest BCUT2D eigenvalue weighted by Gasteiger charge is -2.21. The second-order valence-corrected chi connectivity index (χ2v) is 4.26. The fourth-order valence-corrected chi connectivity index (χ4v) is 2.14. The average Bonchev–Trinajstić information content (AvgIpc) is 2.75. The lowest BCUT2D eigenvalue weighted by molar-refractivity contribution is 0.294. The van der Waals surface area contributed by atoms with Gasteiger partial charge in [-0.25, -0.2) is 0 Å². The van der Waals surface area contributed by atoms with Crippen molar-refractivity contribution in [2.24, 2.45) is 0 Å². The number of likely N-dealkylation sites (tertiary alicyclic amines) is 1. The SMILES string of the molecule is Cl.N#CC(c1ccc(Cl)cc1)N1CCCC1. The predicted octanol–water partition coefficient (Wildman–Crippen LogP) is 3.42. The van der Waals surface area contributed by atoms with Gasteiger partial charge in [-0.1, -0.05) is 23.7 Å². The van der Waals surface area contributed by atoms with Crippen LogP contribution in [-0.2, 0) is 0 Å². The summed E-state index contributed by atoms with van der Waals surface area (Å²) < 4.78 is 0. The zero-order valence-electron chi connectivity index (χ0n) is 8.90. The van der Waals surface area contributed by atoms with E-state index in [9.17, 15) is 5.26 Å². The van der Waals surface area contributed by atoms with Gasteiger partial charge < -0.3 is 0 Å². The molecule has 1 unspecified atom stereocenters. The molecule has 2 nitrogen and oxygen atoms in total. The second-order valence-electron chi connectivity index (χ2n) is 3.83. The standard InChI is InChI=1S/C12H13ClN2.ClH/c13-11-5-3-10(4-6-11)12(9-14)15-7-1-2-8-15;/h3-6,12H,1-2,7-8H2;1H. The molecule has 0 amide bonds. The summed E-state index contributed by atoms with van der Waals surface area (Å²) in [5, 5.41) is 9.90. The molecule has 0 N–H and O–H groups in total. The Morgan fingerprint density at radius 3 is 2.25 bits per heavy atom. The van der Waals surface area contributed by atoms with Gasteiger partial charge in [0.25, 0.3) is 0 Å². The molecule has 86 valence electrons. The van der Waals surface area contributed by atoms with Crippen molar-refractivity contribution >= 4 is 24.0 Å². The number of rotatable bonds is 2. The van der Waals surface area contributed by atoms with E-state index in [0.29, 0.717) is 0 Å². The summed E-state index contributed by atoms with van der Waals surface area (Å²) in [5.41, 5.74) is 1.05. The van der Waals surface area contributed by atoms with Crippen LogP contribution in [0.3, 0.4) is 0 Å². The van der Waals surface area contributed by atoms with Crippen molar-refractivity contribution in [3.05, 3.63) is 34.9 Å². The number of halogens is 2. The normalized spacial score (nSPS) is 17.5. The zero-order valence-corrected chi connectivity index (χ0v) is 10.5. The Labute approximate surface area is 107 Å². The highest BCUT2D eigenvalue weighted by atomic mass is 35.5. The van der Waals surface area contributed by atoms with Gasteiger partial charge in [0.1, 0.15) is 6.04 Å². The Bertz CT molecular complexity index is 364. The molecule has 0 bridgehead atoms. The first-order valence-electron chi connectivity index (χ1n) is 5.20. The number of nitrogens with zero attached hydrogens (tertiary/aromatic N) is 2. The molecule has 1 atom stereocenters. The molecule has 1 aromatic rings. The largest absolute Gasteiger partial charge is 0.284 e. The molecule has 0 aromatic heterocycles. The molecule has 0 aliphatic carbocycles. The average molecular weight is 257 g/mol. The highest BCUT2D eigenvalue weighted by Gasteiger charge is 2.22. The fourth-order valence-electron chi connectivity index (χ4n) is 2.01. The van der Waals surface area contributed by atoms with Crippen molar-refractivity contribution in [2.75, 3.05) is 13.1 Å². The fraction of sp³-hybridized carbons (Fsp3) is 0.417. The van der Waals surface area contributed by atoms with Gasteiger partial charge in [0.05, 0.1) is 6.07 Å². The molecule has 1 aromatic carbocycles. The van der Waals surface area contributed by atoms with Crippen LogP contribution in [0, 0.1) is 11.3 Å². The van der Waals surface area contributed by atoms with Crippen LogP contribution in [0.5, 0.6) is 0 Å². The van der Waals surface area contributed by atoms with E-state index in [-0.39, 0.29) is 18.4 Å². The maximum absolute atomic E-state index is 9.18. The van der Waals surface area contributed by atoms with Crippen LogP contribution in [0.4, 0.5) is 0 Å². The zero-order chi connectivity index (χ0) is 10.7. The molecular formula is C12H14Cl2N2. The lowest BCUT2D eigenvalue weighted by atomic mass is 10.1. The molecule has 1 saturated heterocycles. The van der Waals surface area contributed by atoms with E-state index in [1.54, 1.807) is 0 Å². The number of benzene rings is 1. The summed E-state index contributed by atoms with van der Waals surface area (Å²) in [7, 11) is 0. The Kier molecular flexibility index (Phi) is 5.08. The highest BCUT2D eigenvalue weighted by molar-refractivity contribution is 6.30. The lowest BCUT2D eigenvalue weighted by Crippen LogP contribution is -2.24. The van der Waals surface area contributed by atoms with Gasteiger partial charge in [-0.2, -0.15) is 5.26 Å². The van der Waals surface area contributed by atoms with Gasteiger partial charge in [-0.3, -0.25) is 4.90 Å². The van der Waals surface area contributed by atoms with Gasteiger partial charge in [0, 0.05) is 5.02 Å². The van der Waals surface area contributed by atoms with E-state index in [1.807, 2.05) is 24.3 Å². The summed E-state index contributed by atoms with van der Waals surface area (Å²) in [6.45, 7) is 2.06. The summed E-state index contributed by atoms with van der Waals surface area (Å²) in [6.07, 6.45) is 2.40. The molecule has 1 heterocycles. The maximum atomic E-state index is 9.18. The van der Waals surface area contributed by atoms with E-state index in [2.05, 4.69) is 11.0 Å². The number of hydrogen-bond donors (Lipinski definition) is 0. The van der Waals surface area contributed by atoms with E-state index >= 15 is 0 Å².